The molecular formula is C26H28N2O4. The van der Waals surface area contributed by atoms with Gasteiger partial charge in [-0.15, -0.1) is 0 Å². The van der Waals surface area contributed by atoms with Crippen LogP contribution in [0.1, 0.15) is 81.6 Å². The summed E-state index contributed by atoms with van der Waals surface area (Å²) in [6.07, 6.45) is 6.96. The Hall–Kier alpha value is -3.15. The van der Waals surface area contributed by atoms with Gasteiger partial charge in [0.15, 0.2) is 0 Å². The first-order valence-corrected chi connectivity index (χ1v) is 11.5. The molecule has 0 atom stereocenters. The van der Waals surface area contributed by atoms with Crippen molar-refractivity contribution in [2.45, 2.75) is 63.6 Å². The molecule has 0 unspecified atom stereocenters. The van der Waals surface area contributed by atoms with Crippen LogP contribution in [-0.4, -0.2) is 46.7 Å². The van der Waals surface area contributed by atoms with Crippen molar-refractivity contribution in [3.63, 3.8) is 0 Å². The number of rotatable bonds is 6. The number of hydrogen-bond acceptors (Lipinski definition) is 4. The molecule has 32 heavy (non-hydrogen) atoms. The number of hydrogen-bond donors (Lipinski definition) is 0. The fourth-order valence-electron chi connectivity index (χ4n) is 4.91. The van der Waals surface area contributed by atoms with Gasteiger partial charge in [-0.3, -0.25) is 19.3 Å². The van der Waals surface area contributed by atoms with Crippen molar-refractivity contribution < 1.29 is 19.1 Å². The molecule has 2 fully saturated rings. The highest BCUT2D eigenvalue weighted by molar-refractivity contribution is 6.22. The quantitative estimate of drug-likeness (QED) is 0.634. The van der Waals surface area contributed by atoms with Gasteiger partial charge < -0.3 is 9.64 Å². The molecule has 0 radical (unpaired) electrons. The number of benzene rings is 2. The van der Waals surface area contributed by atoms with Gasteiger partial charge in [0.05, 0.1) is 18.2 Å². The molecule has 5 rings (SSSR count). The molecule has 2 aromatic rings. The largest absolute Gasteiger partial charge is 0.497 e. The second kappa shape index (κ2) is 8.41. The van der Waals surface area contributed by atoms with Crippen LogP contribution >= 0.6 is 0 Å². The Morgan fingerprint density at radius 1 is 0.938 bits per heavy atom. The molecule has 0 N–H and O–H groups in total. The topological polar surface area (TPSA) is 66.9 Å². The number of carbonyl (C=O) groups is 3. The molecule has 2 aromatic carbocycles. The summed E-state index contributed by atoms with van der Waals surface area (Å²) in [7, 11) is 1.63. The lowest BCUT2D eigenvalue weighted by Crippen LogP contribution is -2.40. The van der Waals surface area contributed by atoms with E-state index < -0.39 is 0 Å². The van der Waals surface area contributed by atoms with Crippen molar-refractivity contribution >= 4 is 17.7 Å². The zero-order chi connectivity index (χ0) is 22.2. The van der Waals surface area contributed by atoms with Crippen LogP contribution in [-0.2, 0) is 6.54 Å². The van der Waals surface area contributed by atoms with Crippen LogP contribution < -0.4 is 4.74 Å². The normalized spacial score (nSPS) is 18.6. The van der Waals surface area contributed by atoms with Gasteiger partial charge in [-0.1, -0.05) is 31.4 Å². The standard InChI is InChI=1S/C26H28N2O4/c1-32-21-12-7-17(8-13-21)16-27(19-10-11-19)24(29)18-9-14-22-23(15-18)26(31)28(25(22)30)20-5-3-2-4-6-20/h7-9,12-15,19-20H,2-6,10-11,16H2,1H3. The number of amides is 3. The second-order valence-electron chi connectivity index (χ2n) is 9.04. The van der Waals surface area contributed by atoms with E-state index in [1.165, 1.54) is 4.90 Å². The molecule has 2 saturated carbocycles. The van der Waals surface area contributed by atoms with E-state index in [2.05, 4.69) is 0 Å². The minimum atomic E-state index is -0.250. The number of carbonyl (C=O) groups excluding carboxylic acids is 3. The molecule has 2 aliphatic carbocycles. The first-order valence-electron chi connectivity index (χ1n) is 11.5. The number of ether oxygens (including phenoxy) is 1. The average molecular weight is 433 g/mol. The van der Waals surface area contributed by atoms with Crippen molar-refractivity contribution in [1.82, 2.24) is 9.80 Å². The third-order valence-corrected chi connectivity index (χ3v) is 6.87. The Bertz CT molecular complexity index is 1050. The molecule has 166 valence electrons. The highest BCUT2D eigenvalue weighted by Crippen LogP contribution is 2.33. The highest BCUT2D eigenvalue weighted by atomic mass is 16.5. The van der Waals surface area contributed by atoms with E-state index >= 15 is 0 Å². The predicted octanol–water partition coefficient (Wildman–Crippen LogP) is 4.43. The van der Waals surface area contributed by atoms with Crippen molar-refractivity contribution in [1.29, 1.82) is 0 Å². The first-order chi connectivity index (χ1) is 15.6. The molecule has 6 nitrogen and oxygen atoms in total. The Morgan fingerprint density at radius 2 is 1.62 bits per heavy atom. The molecule has 1 heterocycles. The van der Waals surface area contributed by atoms with Crippen LogP contribution in [0.2, 0.25) is 0 Å². The summed E-state index contributed by atoms with van der Waals surface area (Å²) in [4.78, 5) is 42.8. The fourth-order valence-corrected chi connectivity index (χ4v) is 4.91. The van der Waals surface area contributed by atoms with Crippen LogP contribution in [0.5, 0.6) is 5.75 Å². The predicted molar refractivity (Wildman–Crippen MR) is 120 cm³/mol. The van der Waals surface area contributed by atoms with Gasteiger partial charge >= 0.3 is 0 Å². The molecule has 3 amide bonds. The van der Waals surface area contributed by atoms with Gasteiger partial charge in [-0.05, 0) is 61.6 Å². The second-order valence-corrected chi connectivity index (χ2v) is 9.04. The summed E-state index contributed by atoms with van der Waals surface area (Å²) in [5, 5.41) is 0. The lowest BCUT2D eigenvalue weighted by atomic mass is 9.94. The van der Waals surface area contributed by atoms with Crippen LogP contribution in [0.15, 0.2) is 42.5 Å². The zero-order valence-electron chi connectivity index (χ0n) is 18.4. The molecule has 1 aliphatic heterocycles. The smallest absolute Gasteiger partial charge is 0.261 e. The molecule has 0 spiro atoms. The zero-order valence-corrected chi connectivity index (χ0v) is 18.4. The minimum Gasteiger partial charge on any atom is -0.497 e. The van der Waals surface area contributed by atoms with Gasteiger partial charge in [0.2, 0.25) is 0 Å². The summed E-state index contributed by atoms with van der Waals surface area (Å²) in [6, 6.07) is 12.9. The van der Waals surface area contributed by atoms with Crippen LogP contribution in [0, 0.1) is 0 Å². The van der Waals surface area contributed by atoms with E-state index in [0.29, 0.717) is 23.2 Å². The van der Waals surface area contributed by atoms with Gasteiger partial charge in [0, 0.05) is 24.2 Å². The molecule has 0 aromatic heterocycles. The number of nitrogens with zero attached hydrogens (tertiary/aromatic N) is 2. The first kappa shape index (κ1) is 20.7. The summed E-state index contributed by atoms with van der Waals surface area (Å²) in [6.45, 7) is 0.506. The van der Waals surface area contributed by atoms with E-state index in [9.17, 15) is 14.4 Å². The maximum absolute atomic E-state index is 13.4. The highest BCUT2D eigenvalue weighted by Gasteiger charge is 2.41. The SMILES string of the molecule is COc1ccc(CN(C(=O)c2ccc3c(c2)C(=O)N(C2CCCCC2)C3=O)C2CC2)cc1. The van der Waals surface area contributed by atoms with Crippen LogP contribution in [0.3, 0.4) is 0 Å². The van der Waals surface area contributed by atoms with Crippen molar-refractivity contribution in [3.05, 3.63) is 64.7 Å². The van der Waals surface area contributed by atoms with E-state index in [-0.39, 0.29) is 29.8 Å². The molecule has 3 aliphatic rings. The Balaban J connectivity index is 1.38. The molecule has 6 heteroatoms. The third kappa shape index (κ3) is 3.78. The summed E-state index contributed by atoms with van der Waals surface area (Å²) in [5.74, 6) is 0.220. The van der Waals surface area contributed by atoms with Gasteiger partial charge in [-0.2, -0.15) is 0 Å². The van der Waals surface area contributed by atoms with Gasteiger partial charge in [0.1, 0.15) is 5.75 Å². The summed E-state index contributed by atoms with van der Waals surface area (Å²) in [5.41, 5.74) is 2.29. The minimum absolute atomic E-state index is 0.0201. The molecular weight excluding hydrogens is 404 g/mol. The van der Waals surface area contributed by atoms with Gasteiger partial charge in [0.25, 0.3) is 17.7 Å². The monoisotopic (exact) mass is 432 g/mol. The summed E-state index contributed by atoms with van der Waals surface area (Å²) < 4.78 is 5.22. The third-order valence-electron chi connectivity index (χ3n) is 6.87. The summed E-state index contributed by atoms with van der Waals surface area (Å²) >= 11 is 0. The van der Waals surface area contributed by atoms with Crippen LogP contribution in [0.25, 0.3) is 0 Å². The number of fused-ring (bicyclic) bond motifs is 1. The maximum Gasteiger partial charge on any atom is 0.261 e. The molecule has 0 saturated heterocycles. The fraction of sp³-hybridized carbons (Fsp3) is 0.423. The van der Waals surface area contributed by atoms with Gasteiger partial charge in [-0.25, -0.2) is 0 Å². The van der Waals surface area contributed by atoms with Crippen molar-refractivity contribution in [3.8, 4) is 5.75 Å². The van der Waals surface area contributed by atoms with Crippen molar-refractivity contribution in [2.75, 3.05) is 7.11 Å². The van der Waals surface area contributed by atoms with E-state index in [1.54, 1.807) is 25.3 Å². The van der Waals surface area contributed by atoms with Crippen molar-refractivity contribution in [2.24, 2.45) is 0 Å². The Labute approximate surface area is 188 Å². The maximum atomic E-state index is 13.4. The van der Waals surface area contributed by atoms with E-state index in [4.69, 9.17) is 4.74 Å². The lowest BCUT2D eigenvalue weighted by Gasteiger charge is -2.29. The number of methoxy groups -OCH3 is 1. The number of imide groups is 1. The average Bonchev–Trinajstić information content (AvgIpc) is 3.64. The van der Waals surface area contributed by atoms with Crippen LogP contribution in [0.4, 0.5) is 0 Å². The molecule has 0 bridgehead atoms. The lowest BCUT2D eigenvalue weighted by molar-refractivity contribution is 0.0548. The Morgan fingerprint density at radius 3 is 2.28 bits per heavy atom. The Kier molecular flexibility index (Phi) is 5.45. The van der Waals surface area contributed by atoms with E-state index in [1.807, 2.05) is 29.2 Å². The van der Waals surface area contributed by atoms with E-state index in [0.717, 1.165) is 56.3 Å².